The van der Waals surface area contributed by atoms with Gasteiger partial charge in [-0.05, 0) is 27.2 Å². The summed E-state index contributed by atoms with van der Waals surface area (Å²) in [6, 6.07) is 0. The molecule has 1 unspecified atom stereocenters. The van der Waals surface area contributed by atoms with E-state index in [0.29, 0.717) is 19.5 Å². The van der Waals surface area contributed by atoms with Gasteiger partial charge in [0.15, 0.2) is 0 Å². The van der Waals surface area contributed by atoms with Crippen LogP contribution in [0.5, 0.6) is 0 Å². The highest BCUT2D eigenvalue weighted by Gasteiger charge is 2.26. The summed E-state index contributed by atoms with van der Waals surface area (Å²) in [5.41, 5.74) is -0.546. The van der Waals surface area contributed by atoms with E-state index in [0.717, 1.165) is 0 Å². The maximum Gasteiger partial charge on any atom is 0.528 e. The maximum absolute atomic E-state index is 11.2. The minimum Gasteiger partial charge on any atom is -0.427 e. The molecule has 5 nitrogen and oxygen atoms in total. The molecule has 1 saturated heterocycles. The number of ether oxygens (including phenoxy) is 1. The summed E-state index contributed by atoms with van der Waals surface area (Å²) in [5.74, 6) is 0. The second-order valence-corrected chi connectivity index (χ2v) is 4.39. The van der Waals surface area contributed by atoms with E-state index in [4.69, 9.17) is 9.57 Å². The average Bonchev–Trinajstić information content (AvgIpc) is 2.30. The van der Waals surface area contributed by atoms with E-state index in [9.17, 15) is 9.90 Å². The lowest BCUT2D eigenvalue weighted by molar-refractivity contribution is -0.133. The lowest BCUT2D eigenvalue weighted by Gasteiger charge is -2.21. The van der Waals surface area contributed by atoms with Gasteiger partial charge in [0.25, 0.3) is 0 Å². The van der Waals surface area contributed by atoms with E-state index in [1.54, 1.807) is 20.8 Å². The van der Waals surface area contributed by atoms with Gasteiger partial charge in [-0.15, -0.1) is 5.06 Å². The molecule has 14 heavy (non-hydrogen) atoms. The van der Waals surface area contributed by atoms with Crippen LogP contribution in [0.2, 0.25) is 0 Å². The number of hydrogen-bond acceptors (Lipinski definition) is 5. The van der Waals surface area contributed by atoms with Gasteiger partial charge >= 0.3 is 6.16 Å². The number of carbonyl (C=O) groups excluding carboxylic acids is 1. The topological polar surface area (TPSA) is 59.0 Å². The largest absolute Gasteiger partial charge is 0.528 e. The van der Waals surface area contributed by atoms with Crippen molar-refractivity contribution in [3.8, 4) is 0 Å². The summed E-state index contributed by atoms with van der Waals surface area (Å²) >= 11 is 0. The molecule has 0 amide bonds. The molecule has 0 aromatic rings. The third-order valence-corrected chi connectivity index (χ3v) is 1.72. The van der Waals surface area contributed by atoms with E-state index in [2.05, 4.69) is 0 Å². The van der Waals surface area contributed by atoms with Crippen molar-refractivity contribution in [2.24, 2.45) is 0 Å². The second-order valence-electron chi connectivity index (χ2n) is 4.39. The van der Waals surface area contributed by atoms with Gasteiger partial charge in [-0.25, -0.2) is 4.79 Å². The number of aliphatic hydroxyl groups is 1. The number of carbonyl (C=O) groups is 1. The van der Waals surface area contributed by atoms with E-state index in [1.807, 2.05) is 0 Å². The van der Waals surface area contributed by atoms with Gasteiger partial charge in [-0.2, -0.15) is 0 Å². The van der Waals surface area contributed by atoms with Crippen LogP contribution in [0.4, 0.5) is 4.79 Å². The summed E-state index contributed by atoms with van der Waals surface area (Å²) in [4.78, 5) is 16.0. The molecular formula is C9H17NO4. The number of aliphatic hydroxyl groups excluding tert-OH is 1. The number of β-amino-alcohol motifs (C(OH)–C–C–N with tert-alkyl or cyclic N) is 1. The van der Waals surface area contributed by atoms with E-state index in [1.165, 1.54) is 5.06 Å². The summed E-state index contributed by atoms with van der Waals surface area (Å²) in [7, 11) is 0. The molecule has 1 fully saturated rings. The predicted molar refractivity (Wildman–Crippen MR) is 49.5 cm³/mol. The van der Waals surface area contributed by atoms with Crippen molar-refractivity contribution in [1.29, 1.82) is 0 Å². The first-order valence-electron chi connectivity index (χ1n) is 4.71. The molecular weight excluding hydrogens is 186 g/mol. The molecule has 0 saturated carbocycles. The first kappa shape index (κ1) is 11.3. The van der Waals surface area contributed by atoms with Crippen molar-refractivity contribution in [1.82, 2.24) is 5.06 Å². The third-order valence-electron chi connectivity index (χ3n) is 1.72. The molecule has 82 valence electrons. The van der Waals surface area contributed by atoms with Gasteiger partial charge in [0.1, 0.15) is 5.60 Å². The van der Waals surface area contributed by atoms with Crippen LogP contribution in [0.1, 0.15) is 27.2 Å². The van der Waals surface area contributed by atoms with Crippen molar-refractivity contribution >= 4 is 6.16 Å². The number of nitrogens with zero attached hydrogens (tertiary/aromatic N) is 1. The summed E-state index contributed by atoms with van der Waals surface area (Å²) in [6.45, 7) is 6.23. The van der Waals surface area contributed by atoms with E-state index >= 15 is 0 Å². The lowest BCUT2D eigenvalue weighted by Crippen LogP contribution is -2.31. The standard InChI is InChI=1S/C9H17NO4/c1-9(2,3)13-8(12)14-10-5-4-7(11)6-10/h7,11H,4-6H2,1-3H3. The SMILES string of the molecule is CC(C)(C)OC(=O)ON1CCC(O)C1. The molecule has 5 heteroatoms. The first-order chi connectivity index (χ1) is 6.37. The summed E-state index contributed by atoms with van der Waals surface area (Å²) < 4.78 is 4.95. The van der Waals surface area contributed by atoms with Crippen molar-refractivity contribution in [2.45, 2.75) is 38.9 Å². The van der Waals surface area contributed by atoms with Crippen molar-refractivity contribution in [2.75, 3.05) is 13.1 Å². The molecule has 1 atom stereocenters. The Hall–Kier alpha value is -0.810. The van der Waals surface area contributed by atoms with Crippen LogP contribution in [0.3, 0.4) is 0 Å². The van der Waals surface area contributed by atoms with Crippen molar-refractivity contribution in [3.05, 3.63) is 0 Å². The Balaban J connectivity index is 2.27. The molecule has 1 N–H and O–H groups in total. The van der Waals surface area contributed by atoms with Crippen LogP contribution < -0.4 is 0 Å². The van der Waals surface area contributed by atoms with Crippen LogP contribution in [0, 0.1) is 0 Å². The molecule has 1 rings (SSSR count). The Morgan fingerprint density at radius 1 is 1.50 bits per heavy atom. The van der Waals surface area contributed by atoms with E-state index < -0.39 is 17.9 Å². The van der Waals surface area contributed by atoms with Crippen molar-refractivity contribution in [3.63, 3.8) is 0 Å². The number of hydrogen-bond donors (Lipinski definition) is 1. The van der Waals surface area contributed by atoms with Gasteiger partial charge in [0, 0.05) is 6.54 Å². The Kier molecular flexibility index (Phi) is 3.34. The minimum atomic E-state index is -0.716. The van der Waals surface area contributed by atoms with Crippen LogP contribution in [0.25, 0.3) is 0 Å². The lowest BCUT2D eigenvalue weighted by atomic mass is 10.2. The summed E-state index contributed by atoms with van der Waals surface area (Å²) in [6.07, 6.45) is -0.493. The number of rotatable bonds is 1. The quantitative estimate of drug-likeness (QED) is 0.642. The molecule has 0 spiro atoms. The van der Waals surface area contributed by atoms with Gasteiger partial charge in [0.05, 0.1) is 12.6 Å². The fourth-order valence-corrected chi connectivity index (χ4v) is 1.17. The van der Waals surface area contributed by atoms with Gasteiger partial charge in [0.2, 0.25) is 0 Å². The predicted octanol–water partition coefficient (Wildman–Crippen LogP) is 0.920. The Labute approximate surface area is 83.5 Å². The smallest absolute Gasteiger partial charge is 0.427 e. The highest BCUT2D eigenvalue weighted by molar-refractivity contribution is 5.60. The minimum absolute atomic E-state index is 0.360. The monoisotopic (exact) mass is 203 g/mol. The van der Waals surface area contributed by atoms with Gasteiger partial charge in [-0.3, -0.25) is 0 Å². The Morgan fingerprint density at radius 2 is 2.14 bits per heavy atom. The van der Waals surface area contributed by atoms with Crippen LogP contribution in [0.15, 0.2) is 0 Å². The molecule has 1 aliphatic rings. The molecule has 1 heterocycles. The molecule has 0 bridgehead atoms. The Bertz CT molecular complexity index is 211. The Morgan fingerprint density at radius 3 is 2.57 bits per heavy atom. The van der Waals surface area contributed by atoms with Crippen molar-refractivity contribution < 1.29 is 19.5 Å². The third kappa shape index (κ3) is 3.93. The number of hydroxylamine groups is 2. The van der Waals surface area contributed by atoms with Crippen LogP contribution in [-0.2, 0) is 9.57 Å². The van der Waals surface area contributed by atoms with Crippen LogP contribution in [-0.4, -0.2) is 41.1 Å². The zero-order valence-corrected chi connectivity index (χ0v) is 8.82. The zero-order valence-electron chi connectivity index (χ0n) is 8.82. The molecule has 0 aromatic carbocycles. The fourth-order valence-electron chi connectivity index (χ4n) is 1.17. The molecule has 0 radical (unpaired) electrons. The van der Waals surface area contributed by atoms with E-state index in [-0.39, 0.29) is 0 Å². The normalized spacial score (nSPS) is 23.6. The average molecular weight is 203 g/mol. The molecule has 1 aliphatic heterocycles. The summed E-state index contributed by atoms with van der Waals surface area (Å²) in [5, 5.41) is 10.6. The molecule has 0 aromatic heterocycles. The van der Waals surface area contributed by atoms with Gasteiger partial charge in [-0.1, -0.05) is 0 Å². The second kappa shape index (κ2) is 4.14. The fraction of sp³-hybridized carbons (Fsp3) is 0.889. The maximum atomic E-state index is 11.2. The highest BCUT2D eigenvalue weighted by atomic mass is 16.8. The zero-order chi connectivity index (χ0) is 10.8. The van der Waals surface area contributed by atoms with Gasteiger partial charge < -0.3 is 14.7 Å². The van der Waals surface area contributed by atoms with Crippen LogP contribution >= 0.6 is 0 Å². The first-order valence-corrected chi connectivity index (χ1v) is 4.71. The molecule has 0 aliphatic carbocycles. The highest BCUT2D eigenvalue weighted by Crippen LogP contribution is 2.12.